The maximum absolute atomic E-state index is 13.8. The van der Waals surface area contributed by atoms with Crippen LogP contribution in [0.25, 0.3) is 0 Å². The first-order valence-electron chi connectivity index (χ1n) is 7.09. The first-order valence-corrected chi connectivity index (χ1v) is 7.91. The Morgan fingerprint density at radius 2 is 1.83 bits per heavy atom. The Labute approximate surface area is 135 Å². The lowest BCUT2D eigenvalue weighted by Gasteiger charge is -2.36. The normalized spacial score (nSPS) is 14.8. The summed E-state index contributed by atoms with van der Waals surface area (Å²) in [6.45, 7) is 1.97. The lowest BCUT2D eigenvalue weighted by atomic mass is 10.2. The molecule has 1 saturated heterocycles. The average Bonchev–Trinajstić information content (AvgIpc) is 3.05. The molecule has 0 spiro atoms. The van der Waals surface area contributed by atoms with Gasteiger partial charge in [-0.2, -0.15) is 0 Å². The van der Waals surface area contributed by atoms with Crippen molar-refractivity contribution in [3.8, 4) is 0 Å². The highest BCUT2D eigenvalue weighted by Gasteiger charge is 2.25. The van der Waals surface area contributed by atoms with Gasteiger partial charge in [0.1, 0.15) is 5.82 Å². The van der Waals surface area contributed by atoms with E-state index in [4.69, 9.17) is 0 Å². The number of halogens is 1. The Hall–Kier alpha value is -2.48. The summed E-state index contributed by atoms with van der Waals surface area (Å²) in [5, 5.41) is 10.7. The van der Waals surface area contributed by atoms with E-state index in [9.17, 15) is 19.3 Å². The van der Waals surface area contributed by atoms with E-state index in [1.807, 2.05) is 4.90 Å². The summed E-state index contributed by atoms with van der Waals surface area (Å²) in [4.78, 5) is 26.5. The van der Waals surface area contributed by atoms with Crippen molar-refractivity contribution in [2.24, 2.45) is 0 Å². The van der Waals surface area contributed by atoms with Crippen LogP contribution in [0, 0.1) is 15.9 Å². The van der Waals surface area contributed by atoms with E-state index >= 15 is 0 Å². The van der Waals surface area contributed by atoms with Crippen molar-refractivity contribution < 1.29 is 14.1 Å². The molecular formula is C15H14FN3O3S. The number of piperazine rings is 1. The Balaban J connectivity index is 1.65. The number of amides is 1. The molecule has 0 saturated carbocycles. The van der Waals surface area contributed by atoms with Gasteiger partial charge in [-0.1, -0.05) is 23.5 Å². The van der Waals surface area contributed by atoms with Crippen LogP contribution in [-0.4, -0.2) is 41.9 Å². The summed E-state index contributed by atoms with van der Waals surface area (Å²) in [6, 6.07) is 9.37. The fourth-order valence-corrected chi connectivity index (χ4v) is 3.34. The molecule has 3 rings (SSSR count). The predicted molar refractivity (Wildman–Crippen MR) is 85.5 cm³/mol. The third-order valence-corrected chi connectivity index (χ3v) is 4.77. The van der Waals surface area contributed by atoms with Gasteiger partial charge in [0.25, 0.3) is 5.91 Å². The first-order chi connectivity index (χ1) is 11.1. The molecule has 0 radical (unpaired) electrons. The van der Waals surface area contributed by atoms with Crippen LogP contribution in [0.2, 0.25) is 0 Å². The quantitative estimate of drug-likeness (QED) is 0.639. The van der Waals surface area contributed by atoms with Gasteiger partial charge < -0.3 is 9.80 Å². The van der Waals surface area contributed by atoms with Gasteiger partial charge in [0.2, 0.25) is 0 Å². The van der Waals surface area contributed by atoms with Crippen LogP contribution in [0.3, 0.4) is 0 Å². The number of nitrogens with zero attached hydrogens (tertiary/aromatic N) is 3. The van der Waals surface area contributed by atoms with Gasteiger partial charge in [-0.25, -0.2) is 4.39 Å². The number of rotatable bonds is 3. The number of carbonyl (C=O) groups is 1. The number of hydrogen-bond donors (Lipinski definition) is 0. The molecule has 1 fully saturated rings. The van der Waals surface area contributed by atoms with Crippen LogP contribution >= 0.6 is 11.3 Å². The van der Waals surface area contributed by atoms with Gasteiger partial charge in [0, 0.05) is 32.2 Å². The molecule has 0 N–H and O–H groups in total. The Bertz CT molecular complexity index is 741. The highest BCUT2D eigenvalue weighted by Crippen LogP contribution is 2.26. The van der Waals surface area contributed by atoms with E-state index in [1.54, 1.807) is 23.1 Å². The smallest absolute Gasteiger partial charge is 0.324 e. The summed E-state index contributed by atoms with van der Waals surface area (Å²) in [5.41, 5.74) is 0.534. The van der Waals surface area contributed by atoms with E-state index in [1.165, 1.54) is 18.2 Å². The van der Waals surface area contributed by atoms with Gasteiger partial charge in [0.05, 0.1) is 15.5 Å². The maximum atomic E-state index is 13.8. The molecule has 0 atom stereocenters. The zero-order valence-corrected chi connectivity index (χ0v) is 13.0. The van der Waals surface area contributed by atoms with Crippen LogP contribution in [0.5, 0.6) is 0 Å². The van der Waals surface area contributed by atoms with E-state index < -0.39 is 4.92 Å². The zero-order valence-electron chi connectivity index (χ0n) is 12.1. The topological polar surface area (TPSA) is 66.7 Å². The summed E-state index contributed by atoms with van der Waals surface area (Å²) in [6.07, 6.45) is 0. The molecule has 1 aliphatic heterocycles. The molecule has 8 heteroatoms. The molecule has 2 aromatic rings. The number of para-hydroxylation sites is 1. The third-order valence-electron chi connectivity index (χ3n) is 3.74. The Morgan fingerprint density at radius 3 is 2.43 bits per heavy atom. The summed E-state index contributed by atoms with van der Waals surface area (Å²) >= 11 is 0.878. The van der Waals surface area contributed by atoms with Crippen LogP contribution in [0.4, 0.5) is 15.1 Å². The maximum Gasteiger partial charge on any atom is 0.324 e. The van der Waals surface area contributed by atoms with Crippen molar-refractivity contribution in [2.75, 3.05) is 31.1 Å². The number of anilines is 1. The molecule has 2 heterocycles. The largest absolute Gasteiger partial charge is 0.366 e. The van der Waals surface area contributed by atoms with E-state index in [0.717, 1.165) is 11.3 Å². The molecule has 120 valence electrons. The second kappa shape index (κ2) is 6.33. The van der Waals surface area contributed by atoms with Crippen molar-refractivity contribution in [1.29, 1.82) is 0 Å². The molecule has 1 aliphatic rings. The minimum absolute atomic E-state index is 0.0432. The van der Waals surface area contributed by atoms with Gasteiger partial charge in [-0.3, -0.25) is 14.9 Å². The minimum Gasteiger partial charge on any atom is -0.366 e. The number of benzene rings is 1. The monoisotopic (exact) mass is 335 g/mol. The lowest BCUT2D eigenvalue weighted by Crippen LogP contribution is -2.48. The first kappa shape index (κ1) is 15.4. The molecule has 1 aromatic carbocycles. The summed E-state index contributed by atoms with van der Waals surface area (Å²) in [7, 11) is 0. The predicted octanol–water partition coefficient (Wildman–Crippen LogP) is 2.76. The van der Waals surface area contributed by atoms with E-state index in [0.29, 0.717) is 36.7 Å². The standard InChI is InChI=1S/C15H14FN3O3S/c16-11-3-1-2-4-12(11)17-7-9-18(10-8-17)15(20)13-5-6-14(23-13)19(21)22/h1-6H,7-10H2. The van der Waals surface area contributed by atoms with Gasteiger partial charge in [-0.05, 0) is 18.2 Å². The highest BCUT2D eigenvalue weighted by molar-refractivity contribution is 7.17. The van der Waals surface area contributed by atoms with Crippen molar-refractivity contribution >= 4 is 27.9 Å². The number of carbonyl (C=O) groups excluding carboxylic acids is 1. The summed E-state index contributed by atoms with van der Waals surface area (Å²) in [5.74, 6) is -0.488. The highest BCUT2D eigenvalue weighted by atomic mass is 32.1. The number of hydrogen-bond acceptors (Lipinski definition) is 5. The van der Waals surface area contributed by atoms with Crippen molar-refractivity contribution in [3.63, 3.8) is 0 Å². The van der Waals surface area contributed by atoms with Gasteiger partial charge in [-0.15, -0.1) is 0 Å². The third kappa shape index (κ3) is 3.16. The number of nitro groups is 1. The Morgan fingerprint density at radius 1 is 1.13 bits per heavy atom. The van der Waals surface area contributed by atoms with Crippen LogP contribution < -0.4 is 4.90 Å². The fourth-order valence-electron chi connectivity index (χ4n) is 2.56. The van der Waals surface area contributed by atoms with Crippen molar-refractivity contribution in [3.05, 3.63) is 57.2 Å². The van der Waals surface area contributed by atoms with Gasteiger partial charge >= 0.3 is 5.00 Å². The molecule has 1 amide bonds. The zero-order chi connectivity index (χ0) is 16.4. The van der Waals surface area contributed by atoms with E-state index in [2.05, 4.69) is 0 Å². The van der Waals surface area contributed by atoms with E-state index in [-0.39, 0.29) is 16.7 Å². The second-order valence-corrected chi connectivity index (χ2v) is 6.19. The SMILES string of the molecule is O=C(c1ccc([N+](=O)[O-])s1)N1CCN(c2ccccc2F)CC1. The van der Waals surface area contributed by atoms with Crippen LogP contribution in [-0.2, 0) is 0 Å². The second-order valence-electron chi connectivity index (χ2n) is 5.13. The average molecular weight is 335 g/mol. The van der Waals surface area contributed by atoms with Crippen molar-refractivity contribution in [2.45, 2.75) is 0 Å². The molecule has 6 nitrogen and oxygen atoms in total. The summed E-state index contributed by atoms with van der Waals surface area (Å²) < 4.78 is 13.8. The number of thiophene rings is 1. The molecular weight excluding hydrogens is 321 g/mol. The Kier molecular flexibility index (Phi) is 4.24. The molecule has 0 bridgehead atoms. The minimum atomic E-state index is -0.502. The molecule has 0 unspecified atom stereocenters. The molecule has 1 aromatic heterocycles. The molecule has 0 aliphatic carbocycles. The fraction of sp³-hybridized carbons (Fsp3) is 0.267. The molecule has 23 heavy (non-hydrogen) atoms. The van der Waals surface area contributed by atoms with Gasteiger partial charge in [0.15, 0.2) is 0 Å². The van der Waals surface area contributed by atoms with Crippen molar-refractivity contribution in [1.82, 2.24) is 4.90 Å². The van der Waals surface area contributed by atoms with Crippen LogP contribution in [0.15, 0.2) is 36.4 Å². The lowest BCUT2D eigenvalue weighted by molar-refractivity contribution is -0.380. The van der Waals surface area contributed by atoms with Crippen LogP contribution in [0.1, 0.15) is 9.67 Å².